The maximum Gasteiger partial charge on any atom is 0.416 e. The number of primary amides is 1. The van der Waals surface area contributed by atoms with Crippen LogP contribution in [-0.4, -0.2) is 25.0 Å². The third kappa shape index (κ3) is 7.35. The van der Waals surface area contributed by atoms with Gasteiger partial charge < -0.3 is 16.4 Å². The molecule has 1 aliphatic carbocycles. The summed E-state index contributed by atoms with van der Waals surface area (Å²) in [5.74, 6) is 0.336. The van der Waals surface area contributed by atoms with Gasteiger partial charge in [-0.1, -0.05) is 66.7 Å². The second-order valence-corrected chi connectivity index (χ2v) is 9.93. The summed E-state index contributed by atoms with van der Waals surface area (Å²) < 4.78 is 39.7. The fourth-order valence-corrected chi connectivity index (χ4v) is 5.40. The third-order valence-corrected chi connectivity index (χ3v) is 7.38. The monoisotopic (exact) mass is 509 g/mol. The average Bonchev–Trinajstić information content (AvgIpc) is 2.92. The number of halogens is 3. The van der Waals surface area contributed by atoms with E-state index >= 15 is 0 Å². The largest absolute Gasteiger partial charge is 0.416 e. The number of hydrogen-bond acceptors (Lipinski definition) is 3. The average molecular weight is 510 g/mol. The second-order valence-electron chi connectivity index (χ2n) is 9.93. The van der Waals surface area contributed by atoms with E-state index in [1.165, 1.54) is 6.07 Å². The molecule has 1 saturated carbocycles. The topological polar surface area (TPSA) is 67.2 Å². The summed E-state index contributed by atoms with van der Waals surface area (Å²) >= 11 is 0. The van der Waals surface area contributed by atoms with Crippen LogP contribution in [0.5, 0.6) is 0 Å². The van der Waals surface area contributed by atoms with Crippen LogP contribution in [0.25, 0.3) is 0 Å². The van der Waals surface area contributed by atoms with Crippen LogP contribution in [0, 0.1) is 11.8 Å². The Bertz CT molecular complexity index is 1110. The predicted molar refractivity (Wildman–Crippen MR) is 141 cm³/mol. The second kappa shape index (κ2) is 12.3. The number of anilines is 1. The standard InChI is InChI=1S/C24H28F3N3O.C6H6/c25-24(26,27)18-8-9-21-20(12-18)19-10-16(6-7-17(19)14-30-21)13-29-22(23(28)31)11-15-4-2-1-3-5-15;1-2-4-6-5-3-1/h1-5,8-9,12,16-17,19,22,29-30H,6-7,10-11,13-14H2,(H2,28,31);1-6H. The van der Waals surface area contributed by atoms with Crippen LogP contribution in [0.4, 0.5) is 18.9 Å². The fourth-order valence-electron chi connectivity index (χ4n) is 5.40. The van der Waals surface area contributed by atoms with Gasteiger partial charge in [0.15, 0.2) is 0 Å². The molecule has 37 heavy (non-hydrogen) atoms. The zero-order chi connectivity index (χ0) is 26.3. The van der Waals surface area contributed by atoms with Crippen molar-refractivity contribution >= 4 is 11.6 Å². The van der Waals surface area contributed by atoms with Gasteiger partial charge in [0.2, 0.25) is 5.91 Å². The highest BCUT2D eigenvalue weighted by atomic mass is 19.4. The van der Waals surface area contributed by atoms with Crippen molar-refractivity contribution < 1.29 is 18.0 Å². The Balaban J connectivity index is 0.000000469. The van der Waals surface area contributed by atoms with Crippen LogP contribution in [-0.2, 0) is 17.4 Å². The van der Waals surface area contributed by atoms with Gasteiger partial charge in [0.25, 0.3) is 0 Å². The van der Waals surface area contributed by atoms with E-state index in [1.54, 1.807) is 6.07 Å². The lowest BCUT2D eigenvalue weighted by molar-refractivity contribution is -0.137. The number of rotatable bonds is 6. The van der Waals surface area contributed by atoms with Gasteiger partial charge in [0.05, 0.1) is 11.6 Å². The predicted octanol–water partition coefficient (Wildman–Crippen LogP) is 6.00. The van der Waals surface area contributed by atoms with Gasteiger partial charge >= 0.3 is 6.18 Å². The number of fused-ring (bicyclic) bond motifs is 3. The number of nitrogens with one attached hydrogen (secondary N) is 2. The van der Waals surface area contributed by atoms with E-state index in [2.05, 4.69) is 10.6 Å². The maximum absolute atomic E-state index is 13.2. The van der Waals surface area contributed by atoms with Crippen molar-refractivity contribution in [3.05, 3.63) is 102 Å². The molecule has 4 nitrogen and oxygen atoms in total. The molecule has 4 unspecified atom stereocenters. The minimum absolute atomic E-state index is 0.0975. The van der Waals surface area contributed by atoms with Gasteiger partial charge in [-0.25, -0.2) is 0 Å². The Labute approximate surface area is 216 Å². The van der Waals surface area contributed by atoms with E-state index in [0.717, 1.165) is 48.7 Å². The molecule has 1 fully saturated rings. The van der Waals surface area contributed by atoms with Gasteiger partial charge in [-0.3, -0.25) is 4.79 Å². The summed E-state index contributed by atoms with van der Waals surface area (Å²) in [6.07, 6.45) is -1.06. The summed E-state index contributed by atoms with van der Waals surface area (Å²) in [4.78, 5) is 11.9. The molecule has 0 radical (unpaired) electrons. The Morgan fingerprint density at radius 1 is 0.973 bits per heavy atom. The van der Waals surface area contributed by atoms with Gasteiger partial charge in [0, 0.05) is 12.2 Å². The number of alkyl halides is 3. The minimum atomic E-state index is -4.34. The van der Waals surface area contributed by atoms with Crippen molar-refractivity contribution in [2.45, 2.75) is 43.8 Å². The van der Waals surface area contributed by atoms with E-state index in [4.69, 9.17) is 5.73 Å². The SMILES string of the molecule is NC(=O)C(Cc1ccccc1)NCC1CCC2CNc3ccc(C(F)(F)F)cc3C2C1.c1ccccc1. The minimum Gasteiger partial charge on any atom is -0.385 e. The van der Waals surface area contributed by atoms with Crippen LogP contribution < -0.4 is 16.4 Å². The summed E-state index contributed by atoms with van der Waals surface area (Å²) in [5, 5.41) is 6.63. The van der Waals surface area contributed by atoms with Gasteiger partial charge in [-0.15, -0.1) is 0 Å². The molecule has 1 amide bonds. The highest BCUT2D eigenvalue weighted by molar-refractivity contribution is 5.80. The summed E-state index contributed by atoms with van der Waals surface area (Å²) in [5.41, 5.74) is 7.63. The lowest BCUT2D eigenvalue weighted by atomic mass is 9.69. The molecule has 7 heteroatoms. The number of carbonyl (C=O) groups is 1. The molecule has 0 bridgehead atoms. The first-order chi connectivity index (χ1) is 17.8. The van der Waals surface area contributed by atoms with E-state index in [9.17, 15) is 18.0 Å². The Morgan fingerprint density at radius 2 is 1.62 bits per heavy atom. The van der Waals surface area contributed by atoms with Crippen molar-refractivity contribution in [2.24, 2.45) is 17.6 Å². The van der Waals surface area contributed by atoms with E-state index in [1.807, 2.05) is 66.7 Å². The molecule has 0 saturated heterocycles. The Morgan fingerprint density at radius 3 is 2.24 bits per heavy atom. The molecule has 3 aromatic rings. The van der Waals surface area contributed by atoms with Crippen LogP contribution in [0.2, 0.25) is 0 Å². The van der Waals surface area contributed by atoms with E-state index in [0.29, 0.717) is 24.8 Å². The molecule has 2 aliphatic rings. The molecular weight excluding hydrogens is 475 g/mol. The van der Waals surface area contributed by atoms with E-state index in [-0.39, 0.29) is 11.8 Å². The molecule has 0 spiro atoms. The molecule has 5 rings (SSSR count). The quantitative estimate of drug-likeness (QED) is 0.382. The van der Waals surface area contributed by atoms with Crippen LogP contribution in [0.15, 0.2) is 84.9 Å². The van der Waals surface area contributed by atoms with Crippen molar-refractivity contribution in [2.75, 3.05) is 18.4 Å². The van der Waals surface area contributed by atoms with Gasteiger partial charge in [-0.05, 0) is 79.3 Å². The molecule has 3 aromatic carbocycles. The molecule has 0 aromatic heterocycles. The van der Waals surface area contributed by atoms with E-state index < -0.39 is 17.8 Å². The highest BCUT2D eigenvalue weighted by Crippen LogP contribution is 2.47. The lowest BCUT2D eigenvalue weighted by Crippen LogP contribution is -2.46. The zero-order valence-corrected chi connectivity index (χ0v) is 20.8. The number of benzene rings is 3. The number of carbonyl (C=O) groups excluding carboxylic acids is 1. The molecule has 1 aliphatic heterocycles. The van der Waals surface area contributed by atoms with Crippen LogP contribution in [0.1, 0.15) is 41.9 Å². The highest BCUT2D eigenvalue weighted by Gasteiger charge is 2.38. The lowest BCUT2D eigenvalue weighted by Gasteiger charge is -2.41. The summed E-state index contributed by atoms with van der Waals surface area (Å²) in [6, 6.07) is 25.3. The first-order valence-electron chi connectivity index (χ1n) is 12.8. The summed E-state index contributed by atoms with van der Waals surface area (Å²) in [6.45, 7) is 1.42. The Hall–Kier alpha value is -3.32. The molecular formula is C30H34F3N3O. The first kappa shape index (κ1) is 26.7. The van der Waals surface area contributed by atoms with Crippen molar-refractivity contribution in [3.63, 3.8) is 0 Å². The first-order valence-corrected chi connectivity index (χ1v) is 12.8. The van der Waals surface area contributed by atoms with Gasteiger partial charge in [-0.2, -0.15) is 13.2 Å². The van der Waals surface area contributed by atoms with Crippen molar-refractivity contribution in [1.29, 1.82) is 0 Å². The maximum atomic E-state index is 13.2. The van der Waals surface area contributed by atoms with Crippen molar-refractivity contribution in [1.82, 2.24) is 5.32 Å². The fraction of sp³-hybridized carbons (Fsp3) is 0.367. The molecule has 1 heterocycles. The summed E-state index contributed by atoms with van der Waals surface area (Å²) in [7, 11) is 0. The van der Waals surface area contributed by atoms with Crippen LogP contribution in [0.3, 0.4) is 0 Å². The van der Waals surface area contributed by atoms with Gasteiger partial charge in [0.1, 0.15) is 0 Å². The Kier molecular flexibility index (Phi) is 8.87. The van der Waals surface area contributed by atoms with Crippen LogP contribution >= 0.6 is 0 Å². The molecule has 4 N–H and O–H groups in total. The number of hydrogen-bond donors (Lipinski definition) is 3. The molecule has 196 valence electrons. The smallest absolute Gasteiger partial charge is 0.385 e. The van der Waals surface area contributed by atoms with Crippen molar-refractivity contribution in [3.8, 4) is 0 Å². The third-order valence-electron chi connectivity index (χ3n) is 7.38. The molecule has 4 atom stereocenters. The normalized spacial score (nSPS) is 21.3. The number of amides is 1. The number of nitrogens with two attached hydrogens (primary N) is 1. The zero-order valence-electron chi connectivity index (χ0n) is 20.8.